The molecule has 1 aromatic heterocycles. The number of hydrogen-bond donors (Lipinski definition) is 1. The molecule has 0 aliphatic carbocycles. The molecule has 2 aliphatic heterocycles. The average molecular weight is 323 g/mol. The first-order chi connectivity index (χ1) is 10.5. The predicted molar refractivity (Wildman–Crippen MR) is 84.8 cm³/mol. The molecule has 2 saturated heterocycles. The van der Waals surface area contributed by atoms with Gasteiger partial charge >= 0.3 is 0 Å². The van der Waals surface area contributed by atoms with E-state index in [0.717, 1.165) is 31.6 Å². The number of amides is 1. The van der Waals surface area contributed by atoms with E-state index in [9.17, 15) is 13.2 Å². The Morgan fingerprint density at radius 2 is 2.00 bits per heavy atom. The molecule has 0 bridgehead atoms. The number of hydrogen-bond acceptors (Lipinski definition) is 5. The lowest BCUT2D eigenvalue weighted by Gasteiger charge is -2.28. The molecule has 0 saturated carbocycles. The molecule has 1 unspecified atom stereocenters. The minimum atomic E-state index is -2.99. The van der Waals surface area contributed by atoms with E-state index in [1.807, 2.05) is 6.07 Å². The Morgan fingerprint density at radius 1 is 1.23 bits per heavy atom. The zero-order chi connectivity index (χ0) is 15.6. The first-order valence-electron chi connectivity index (χ1n) is 7.75. The van der Waals surface area contributed by atoms with E-state index in [2.05, 4.69) is 15.2 Å². The number of carbonyl (C=O) groups excluding carboxylic acids is 1. The number of nitrogens with one attached hydrogen (secondary N) is 1. The lowest BCUT2D eigenvalue weighted by atomic mass is 10.1. The van der Waals surface area contributed by atoms with E-state index < -0.39 is 9.84 Å². The number of anilines is 1. The fourth-order valence-electron chi connectivity index (χ4n) is 3.05. The maximum atomic E-state index is 12.3. The van der Waals surface area contributed by atoms with Gasteiger partial charge in [0.1, 0.15) is 0 Å². The third kappa shape index (κ3) is 3.58. The number of piperidine rings is 1. The van der Waals surface area contributed by atoms with Gasteiger partial charge in [-0.2, -0.15) is 0 Å². The summed E-state index contributed by atoms with van der Waals surface area (Å²) in [5.41, 5.74) is 1.46. The summed E-state index contributed by atoms with van der Waals surface area (Å²) in [4.78, 5) is 18.7. The number of rotatable bonds is 3. The fourth-order valence-corrected chi connectivity index (χ4v) is 4.73. The Morgan fingerprint density at radius 3 is 2.68 bits per heavy atom. The summed E-state index contributed by atoms with van der Waals surface area (Å²) >= 11 is 0. The monoisotopic (exact) mass is 323 g/mol. The van der Waals surface area contributed by atoms with Crippen LogP contribution in [0.3, 0.4) is 0 Å². The third-order valence-electron chi connectivity index (χ3n) is 4.27. The molecule has 3 rings (SSSR count). The van der Waals surface area contributed by atoms with E-state index in [1.54, 1.807) is 6.20 Å². The Bertz CT molecular complexity index is 654. The van der Waals surface area contributed by atoms with Gasteiger partial charge in [0, 0.05) is 25.3 Å². The van der Waals surface area contributed by atoms with E-state index >= 15 is 0 Å². The zero-order valence-electron chi connectivity index (χ0n) is 12.5. The topological polar surface area (TPSA) is 79.4 Å². The lowest BCUT2D eigenvalue weighted by Crippen LogP contribution is -2.36. The summed E-state index contributed by atoms with van der Waals surface area (Å²) in [5, 5.41) is 2.80. The number of nitrogens with zero attached hydrogens (tertiary/aromatic N) is 2. The Balaban J connectivity index is 1.67. The predicted octanol–water partition coefficient (Wildman–Crippen LogP) is 0.989. The summed E-state index contributed by atoms with van der Waals surface area (Å²) in [7, 11) is -2.99. The Hall–Kier alpha value is -1.63. The molecule has 120 valence electrons. The summed E-state index contributed by atoms with van der Waals surface area (Å²) in [6.07, 6.45) is 7.38. The van der Waals surface area contributed by atoms with Crippen LogP contribution in [0, 0.1) is 0 Å². The molecule has 22 heavy (non-hydrogen) atoms. The van der Waals surface area contributed by atoms with E-state index in [1.165, 1.54) is 12.6 Å². The highest BCUT2D eigenvalue weighted by atomic mass is 32.2. The van der Waals surface area contributed by atoms with Gasteiger partial charge in [-0.3, -0.25) is 9.78 Å². The highest BCUT2D eigenvalue weighted by Crippen LogP contribution is 2.20. The van der Waals surface area contributed by atoms with Crippen LogP contribution >= 0.6 is 0 Å². The van der Waals surface area contributed by atoms with E-state index in [-0.39, 0.29) is 23.5 Å². The molecule has 2 aliphatic rings. The second-order valence-electron chi connectivity index (χ2n) is 6.05. The lowest BCUT2D eigenvalue weighted by molar-refractivity contribution is 0.0941. The molecule has 0 spiro atoms. The van der Waals surface area contributed by atoms with Crippen molar-refractivity contribution in [2.75, 3.05) is 29.5 Å². The Kier molecular flexibility index (Phi) is 4.33. The first kappa shape index (κ1) is 15.3. The highest BCUT2D eigenvalue weighted by molar-refractivity contribution is 7.91. The van der Waals surface area contributed by atoms with Crippen molar-refractivity contribution in [1.82, 2.24) is 10.3 Å². The van der Waals surface area contributed by atoms with Crippen LogP contribution < -0.4 is 10.2 Å². The van der Waals surface area contributed by atoms with Gasteiger partial charge in [-0.15, -0.1) is 0 Å². The van der Waals surface area contributed by atoms with Crippen LogP contribution in [0.4, 0.5) is 5.69 Å². The molecule has 1 amide bonds. The standard InChI is InChI=1S/C15H21N3O3S/c19-15(17-13-4-7-22(20,21)11-13)12-8-14(10-16-9-12)18-5-2-1-3-6-18/h8-10,13H,1-7,11H2,(H,17,19). The highest BCUT2D eigenvalue weighted by Gasteiger charge is 2.29. The van der Waals surface area contributed by atoms with Gasteiger partial charge in [0.2, 0.25) is 0 Å². The molecule has 0 radical (unpaired) electrons. The number of carbonyl (C=O) groups is 1. The molecule has 1 N–H and O–H groups in total. The van der Waals surface area contributed by atoms with Crippen LogP contribution in [-0.2, 0) is 9.84 Å². The van der Waals surface area contributed by atoms with Crippen LogP contribution in [0.25, 0.3) is 0 Å². The van der Waals surface area contributed by atoms with Gasteiger partial charge in [0.05, 0.1) is 29.0 Å². The van der Waals surface area contributed by atoms with Crippen LogP contribution in [0.15, 0.2) is 18.5 Å². The molecule has 0 aromatic carbocycles. The van der Waals surface area contributed by atoms with Gasteiger partial charge < -0.3 is 10.2 Å². The van der Waals surface area contributed by atoms with Crippen LogP contribution in [-0.4, -0.2) is 49.9 Å². The van der Waals surface area contributed by atoms with Crippen molar-refractivity contribution in [3.8, 4) is 0 Å². The quantitative estimate of drug-likeness (QED) is 0.897. The average Bonchev–Trinajstić information content (AvgIpc) is 2.87. The largest absolute Gasteiger partial charge is 0.370 e. The van der Waals surface area contributed by atoms with Gasteiger partial charge in [0.25, 0.3) is 5.91 Å². The van der Waals surface area contributed by atoms with E-state index in [0.29, 0.717) is 12.0 Å². The summed E-state index contributed by atoms with van der Waals surface area (Å²) in [6.45, 7) is 1.99. The molecule has 6 nitrogen and oxygen atoms in total. The second kappa shape index (κ2) is 6.24. The van der Waals surface area contributed by atoms with Gasteiger partial charge in [-0.05, 0) is 31.7 Å². The smallest absolute Gasteiger partial charge is 0.253 e. The second-order valence-corrected chi connectivity index (χ2v) is 8.28. The van der Waals surface area contributed by atoms with Crippen molar-refractivity contribution in [2.45, 2.75) is 31.7 Å². The SMILES string of the molecule is O=C(NC1CCS(=O)(=O)C1)c1cncc(N2CCCCC2)c1. The van der Waals surface area contributed by atoms with Gasteiger partial charge in [-0.1, -0.05) is 0 Å². The van der Waals surface area contributed by atoms with Crippen molar-refractivity contribution in [3.63, 3.8) is 0 Å². The van der Waals surface area contributed by atoms with Crippen LogP contribution in [0.5, 0.6) is 0 Å². The summed E-state index contributed by atoms with van der Waals surface area (Å²) in [5.74, 6) is -0.0457. The molecule has 1 atom stereocenters. The van der Waals surface area contributed by atoms with Gasteiger partial charge in [-0.25, -0.2) is 8.42 Å². The van der Waals surface area contributed by atoms with E-state index in [4.69, 9.17) is 0 Å². The molecule has 7 heteroatoms. The maximum Gasteiger partial charge on any atom is 0.253 e. The van der Waals surface area contributed by atoms with Gasteiger partial charge in [0.15, 0.2) is 9.84 Å². The third-order valence-corrected chi connectivity index (χ3v) is 6.04. The number of pyridine rings is 1. The minimum Gasteiger partial charge on any atom is -0.370 e. The molecule has 1 aromatic rings. The Labute approximate surface area is 130 Å². The minimum absolute atomic E-state index is 0.0397. The number of sulfone groups is 1. The van der Waals surface area contributed by atoms with Crippen LogP contribution in [0.2, 0.25) is 0 Å². The van der Waals surface area contributed by atoms with Crippen molar-refractivity contribution in [3.05, 3.63) is 24.0 Å². The van der Waals surface area contributed by atoms with Crippen molar-refractivity contribution < 1.29 is 13.2 Å². The molecule has 3 heterocycles. The summed E-state index contributed by atoms with van der Waals surface area (Å²) in [6, 6.07) is 1.56. The fraction of sp³-hybridized carbons (Fsp3) is 0.600. The zero-order valence-corrected chi connectivity index (χ0v) is 13.3. The van der Waals surface area contributed by atoms with Crippen LogP contribution in [0.1, 0.15) is 36.0 Å². The molecular weight excluding hydrogens is 302 g/mol. The van der Waals surface area contributed by atoms with Crippen molar-refractivity contribution in [2.24, 2.45) is 0 Å². The molecule has 2 fully saturated rings. The molecular formula is C15H21N3O3S. The summed E-state index contributed by atoms with van der Waals surface area (Å²) < 4.78 is 22.9. The maximum absolute atomic E-state index is 12.3. The van der Waals surface area contributed by atoms with Crippen molar-refractivity contribution in [1.29, 1.82) is 0 Å². The number of aromatic nitrogens is 1. The van der Waals surface area contributed by atoms with Crippen molar-refractivity contribution >= 4 is 21.4 Å². The normalized spacial score (nSPS) is 24.2. The first-order valence-corrected chi connectivity index (χ1v) is 9.57.